The minimum atomic E-state index is -4.98. The first kappa shape index (κ1) is 23.3. The molecule has 2 N–H and O–H groups in total. The van der Waals surface area contributed by atoms with Gasteiger partial charge < -0.3 is 19.4 Å². The van der Waals surface area contributed by atoms with E-state index in [0.717, 1.165) is 21.1 Å². The van der Waals surface area contributed by atoms with Gasteiger partial charge in [0.25, 0.3) is 5.91 Å². The number of carbonyl (C=O) groups is 2. The largest absolute Gasteiger partial charge is 0.477 e. The summed E-state index contributed by atoms with van der Waals surface area (Å²) in [4.78, 5) is 34.4. The Labute approximate surface area is 200 Å². The van der Waals surface area contributed by atoms with Gasteiger partial charge in [-0.1, -0.05) is 18.2 Å². The molecular formula is C23H17F4N5O4. The van der Waals surface area contributed by atoms with E-state index in [1.165, 1.54) is 12.1 Å². The first-order valence-electron chi connectivity index (χ1n) is 10.7. The number of alkyl halides is 3. The fraction of sp³-hybridized carbons (Fsp3) is 0.217. The number of nitrogens with zero attached hydrogens (tertiary/aromatic N) is 4. The molecule has 36 heavy (non-hydrogen) atoms. The smallest absolute Gasteiger partial charge is 0.435 e. The maximum Gasteiger partial charge on any atom is 0.435 e. The third kappa shape index (κ3) is 4.12. The van der Waals surface area contributed by atoms with Gasteiger partial charge in [0, 0.05) is 25.1 Å². The van der Waals surface area contributed by atoms with Gasteiger partial charge in [-0.25, -0.2) is 14.2 Å². The average molecular weight is 503 g/mol. The highest BCUT2D eigenvalue weighted by Gasteiger charge is 2.42. The normalized spacial score (nSPS) is 14.8. The van der Waals surface area contributed by atoms with Crippen LogP contribution in [0.2, 0.25) is 0 Å². The zero-order chi connectivity index (χ0) is 25.6. The first-order valence-corrected chi connectivity index (χ1v) is 10.7. The Morgan fingerprint density at radius 2 is 1.92 bits per heavy atom. The number of aromatic nitrogens is 2. The number of carbonyl (C=O) groups excluding carboxylic acids is 1. The number of rotatable bonds is 4. The molecule has 9 nitrogen and oxygen atoms in total. The molecule has 3 heterocycles. The molecule has 0 saturated carbocycles. The van der Waals surface area contributed by atoms with E-state index in [2.05, 4.69) is 15.7 Å². The molecule has 0 spiro atoms. The van der Waals surface area contributed by atoms with Crippen molar-refractivity contribution in [3.63, 3.8) is 0 Å². The van der Waals surface area contributed by atoms with E-state index >= 15 is 0 Å². The van der Waals surface area contributed by atoms with Crippen molar-refractivity contribution in [2.24, 2.45) is 5.10 Å². The van der Waals surface area contributed by atoms with Crippen molar-refractivity contribution in [3.8, 4) is 5.75 Å². The van der Waals surface area contributed by atoms with Gasteiger partial charge >= 0.3 is 12.1 Å². The van der Waals surface area contributed by atoms with E-state index in [9.17, 15) is 32.3 Å². The second-order valence-electron chi connectivity index (χ2n) is 8.15. The third-order valence-corrected chi connectivity index (χ3v) is 5.90. The van der Waals surface area contributed by atoms with Crippen LogP contribution in [0.4, 0.5) is 17.6 Å². The van der Waals surface area contributed by atoms with E-state index in [-0.39, 0.29) is 30.9 Å². The van der Waals surface area contributed by atoms with E-state index in [1.807, 2.05) is 6.07 Å². The molecule has 0 unspecified atom stereocenters. The number of amides is 1. The molecule has 0 saturated heterocycles. The van der Waals surface area contributed by atoms with Crippen LogP contribution < -0.4 is 10.4 Å². The molecule has 0 radical (unpaired) electrons. The summed E-state index contributed by atoms with van der Waals surface area (Å²) in [7, 11) is 0. The van der Waals surface area contributed by atoms with Gasteiger partial charge in [-0.2, -0.15) is 13.2 Å². The topological polar surface area (TPSA) is 109 Å². The monoisotopic (exact) mass is 503 g/mol. The van der Waals surface area contributed by atoms with Gasteiger partial charge in [-0.3, -0.25) is 4.79 Å². The van der Waals surface area contributed by atoms with Gasteiger partial charge in [-0.15, -0.1) is 10.7 Å². The summed E-state index contributed by atoms with van der Waals surface area (Å²) in [5.41, 5.74) is 1.57. The lowest BCUT2D eigenvalue weighted by atomic mass is 9.99. The van der Waals surface area contributed by atoms with Gasteiger partial charge in [-0.05, 0) is 29.8 Å². The Bertz CT molecular complexity index is 1420. The number of hydrogen-bond acceptors (Lipinski definition) is 6. The molecule has 5 rings (SSSR count). The van der Waals surface area contributed by atoms with E-state index < -0.39 is 41.8 Å². The Kier molecular flexibility index (Phi) is 5.61. The highest BCUT2D eigenvalue weighted by Crippen LogP contribution is 2.33. The number of carboxylic acid groups (broad SMARTS) is 1. The average Bonchev–Trinajstić information content (AvgIpc) is 3.25. The number of aromatic carboxylic acids is 1. The van der Waals surface area contributed by atoms with Crippen molar-refractivity contribution in [2.75, 3.05) is 6.54 Å². The number of carboxylic acids is 1. The summed E-state index contributed by atoms with van der Waals surface area (Å²) in [6.07, 6.45) is -4.73. The third-order valence-electron chi connectivity index (χ3n) is 5.90. The van der Waals surface area contributed by atoms with Crippen molar-refractivity contribution in [3.05, 3.63) is 82.2 Å². The minimum absolute atomic E-state index is 0.120. The highest BCUT2D eigenvalue weighted by atomic mass is 19.4. The minimum Gasteiger partial charge on any atom is -0.477 e. The Balaban J connectivity index is 1.40. The summed E-state index contributed by atoms with van der Waals surface area (Å²) in [6, 6.07) is 11.2. The number of halogens is 4. The number of hydrazone groups is 1. The second kappa shape index (κ2) is 8.66. The van der Waals surface area contributed by atoms with Gasteiger partial charge in [0.1, 0.15) is 11.6 Å². The van der Waals surface area contributed by atoms with Gasteiger partial charge in [0.05, 0.1) is 17.8 Å². The lowest BCUT2D eigenvalue weighted by molar-refractivity contribution is -0.141. The van der Waals surface area contributed by atoms with Gasteiger partial charge in [0.15, 0.2) is 17.1 Å². The quantitative estimate of drug-likeness (QED) is 0.530. The standard InChI is InChI=1S/C23H17F4N5O4/c24-15-6-5-12(10-16-13-3-1-2-4-17(13)36-30-29-16)9-14(15)21(33)31-7-8-32-18(11-31)28-20(23(25,26)27)19(32)22(34)35/h1-6,9,30H,7-8,10-11H2,(H,34,35). The zero-order valence-electron chi connectivity index (χ0n) is 18.3. The Morgan fingerprint density at radius 1 is 1.14 bits per heavy atom. The summed E-state index contributed by atoms with van der Waals surface area (Å²) in [5.74, 6) is -3.00. The molecule has 186 valence electrons. The summed E-state index contributed by atoms with van der Waals surface area (Å²) in [5, 5.41) is 13.4. The SMILES string of the molecule is O=C(O)c1c(C(F)(F)F)nc2n1CCN(C(=O)c1cc(CC3=NNOc4ccccc43)ccc1F)C2. The lowest BCUT2D eigenvalue weighted by Gasteiger charge is -2.28. The number of nitrogens with one attached hydrogen (secondary N) is 1. The van der Waals surface area contributed by atoms with Crippen molar-refractivity contribution in [1.29, 1.82) is 0 Å². The Hall–Kier alpha value is -4.42. The van der Waals surface area contributed by atoms with Crippen LogP contribution in [0.15, 0.2) is 47.6 Å². The number of fused-ring (bicyclic) bond motifs is 2. The lowest BCUT2D eigenvalue weighted by Crippen LogP contribution is -2.39. The van der Waals surface area contributed by atoms with Crippen LogP contribution in [0.25, 0.3) is 0 Å². The van der Waals surface area contributed by atoms with Crippen molar-refractivity contribution in [1.82, 2.24) is 20.0 Å². The van der Waals surface area contributed by atoms with Gasteiger partial charge in [0.2, 0.25) is 0 Å². The highest BCUT2D eigenvalue weighted by molar-refractivity contribution is 6.04. The van der Waals surface area contributed by atoms with E-state index in [4.69, 9.17) is 4.84 Å². The van der Waals surface area contributed by atoms with E-state index in [0.29, 0.717) is 17.0 Å². The second-order valence-corrected chi connectivity index (χ2v) is 8.15. The van der Waals surface area contributed by atoms with Crippen molar-refractivity contribution < 1.29 is 37.1 Å². The molecule has 0 aliphatic carbocycles. The fourth-order valence-electron chi connectivity index (χ4n) is 4.25. The number of benzene rings is 2. The fourth-order valence-corrected chi connectivity index (χ4v) is 4.25. The summed E-state index contributed by atoms with van der Waals surface area (Å²) in [6.45, 7) is -0.753. The molecule has 1 aromatic heterocycles. The summed E-state index contributed by atoms with van der Waals surface area (Å²) >= 11 is 0. The summed E-state index contributed by atoms with van der Waals surface area (Å²) < 4.78 is 55.5. The molecule has 2 aliphatic rings. The number of imidazole rings is 1. The van der Waals surface area contributed by atoms with Crippen LogP contribution in [0, 0.1) is 5.82 Å². The maximum absolute atomic E-state index is 14.7. The first-order chi connectivity index (χ1) is 17.1. The number of hydrogen-bond donors (Lipinski definition) is 2. The van der Waals surface area contributed by atoms with Crippen LogP contribution in [0.1, 0.15) is 43.5 Å². The molecule has 0 fully saturated rings. The zero-order valence-corrected chi connectivity index (χ0v) is 18.3. The molecule has 3 aromatic rings. The maximum atomic E-state index is 14.7. The molecule has 0 atom stereocenters. The van der Waals surface area contributed by atoms with Crippen LogP contribution in [-0.2, 0) is 25.7 Å². The molecule has 13 heteroatoms. The van der Waals surface area contributed by atoms with Crippen molar-refractivity contribution >= 4 is 17.6 Å². The molecule has 1 amide bonds. The molecule has 2 aliphatic heterocycles. The van der Waals surface area contributed by atoms with Crippen LogP contribution in [0.5, 0.6) is 5.75 Å². The van der Waals surface area contributed by atoms with Crippen molar-refractivity contribution in [2.45, 2.75) is 25.7 Å². The molecule has 2 aromatic carbocycles. The van der Waals surface area contributed by atoms with E-state index in [1.54, 1.807) is 18.2 Å². The van der Waals surface area contributed by atoms with Crippen LogP contribution in [-0.4, -0.2) is 43.7 Å². The number of para-hydroxylation sites is 1. The van der Waals surface area contributed by atoms with Crippen LogP contribution in [0.3, 0.4) is 0 Å². The van der Waals surface area contributed by atoms with Crippen LogP contribution >= 0.6 is 0 Å². The predicted molar refractivity (Wildman–Crippen MR) is 116 cm³/mol. The predicted octanol–water partition coefficient (Wildman–Crippen LogP) is 3.24. The Morgan fingerprint density at radius 3 is 2.67 bits per heavy atom. The molecular weight excluding hydrogens is 486 g/mol. The molecule has 0 bridgehead atoms.